The summed E-state index contributed by atoms with van der Waals surface area (Å²) in [6.45, 7) is -4.39. The number of carbonyl (C=O) groups excluding carboxylic acids is 2. The van der Waals surface area contributed by atoms with Crippen LogP contribution in [0.2, 0.25) is 0 Å². The Morgan fingerprint density at radius 2 is 1.26 bits per heavy atom. The molecule has 0 saturated carbocycles. The summed E-state index contributed by atoms with van der Waals surface area (Å²) in [7, 11) is -1.98. The number of nitro groups is 1. The molecule has 0 aliphatic carbocycles. The predicted molar refractivity (Wildman–Crippen MR) is 260 cm³/mol. The molecule has 3 saturated heterocycles. The number of hydrogen-bond donors (Lipinski definition) is 0. The maximum atomic E-state index is 17.4. The van der Waals surface area contributed by atoms with Crippen LogP contribution in [0.25, 0.3) is 22.3 Å². The number of nitro benzene ring substituents is 1. The molecule has 0 N–H and O–H groups in total. The molecule has 10 atom stereocenters. The number of aromatic nitrogens is 8. The van der Waals surface area contributed by atoms with Crippen molar-refractivity contribution in [3.8, 4) is 0 Å². The number of hydrogen-bond acceptors (Lipinski definition) is 18. The minimum Gasteiger partial charge on any atom is -0.346 e. The highest BCUT2D eigenvalue weighted by Crippen LogP contribution is 2.65. The lowest BCUT2D eigenvalue weighted by Crippen LogP contribution is -2.36. The molecule has 14 bridgehead atoms. The van der Waals surface area contributed by atoms with Gasteiger partial charge in [-0.25, -0.2) is 43.2 Å². The van der Waals surface area contributed by atoms with Crippen molar-refractivity contribution in [2.45, 2.75) is 55.0 Å². The second-order valence-corrected chi connectivity index (χ2v) is 22.2. The van der Waals surface area contributed by atoms with Crippen molar-refractivity contribution in [3.05, 3.63) is 149 Å². The van der Waals surface area contributed by atoms with E-state index in [1.807, 2.05) is 0 Å². The van der Waals surface area contributed by atoms with Gasteiger partial charge < -0.3 is 18.5 Å². The summed E-state index contributed by atoms with van der Waals surface area (Å²) in [5.74, 6) is -1.13. The Labute approximate surface area is 418 Å². The molecule has 376 valence electrons. The van der Waals surface area contributed by atoms with Gasteiger partial charge in [0.15, 0.2) is 67.1 Å². The summed E-state index contributed by atoms with van der Waals surface area (Å²) in [5, 5.41) is 12.0. The largest absolute Gasteiger partial charge is 0.390 e. The summed E-state index contributed by atoms with van der Waals surface area (Å²) in [4.78, 5) is 70.1. The molecule has 4 aromatic heterocycles. The summed E-state index contributed by atoms with van der Waals surface area (Å²) in [6.07, 6.45) is -4.64. The van der Waals surface area contributed by atoms with E-state index in [4.69, 9.17) is 27.6 Å². The highest BCUT2D eigenvalue weighted by molar-refractivity contribution is 8.54. The SMILES string of the molecule is CP1OC[C@H]2O[C@@H]3[C@H](F)[C@@H]2O[P@@](=O)(SCc2ccccc2[N+](=O)[O-])OC[C@H]2OC([C@H](F)[C@@H]2O1)n1cnc2c(ncnc21)N(C(=O)c1ccccc1)C/C=C/CN(C(=O)c1ccccc1)c1ncnc2c1ncn23. The molecule has 2 unspecified atom stereocenters. The first-order valence-corrected chi connectivity index (χ1v) is 27.4. The quantitative estimate of drug-likeness (QED) is 0.0670. The van der Waals surface area contributed by atoms with Crippen LogP contribution in [0.15, 0.2) is 122 Å². The average Bonchev–Trinajstić information content (AvgIpc) is 4.19. The molecule has 0 radical (unpaired) electrons. The first-order valence-electron chi connectivity index (χ1n) is 22.6. The third kappa shape index (κ3) is 9.40. The first-order chi connectivity index (χ1) is 35.5. The summed E-state index contributed by atoms with van der Waals surface area (Å²) in [6, 6.07) is 22.7. The van der Waals surface area contributed by atoms with Crippen molar-refractivity contribution in [2.24, 2.45) is 0 Å². The van der Waals surface area contributed by atoms with Crippen LogP contribution in [0.1, 0.15) is 38.7 Å². The minimum atomic E-state index is -4.67. The number of para-hydroxylation sites is 1. The summed E-state index contributed by atoms with van der Waals surface area (Å²) in [5.41, 5.74) is 0.815. The van der Waals surface area contributed by atoms with E-state index in [0.29, 0.717) is 22.5 Å². The maximum absolute atomic E-state index is 17.4. The lowest BCUT2D eigenvalue weighted by molar-refractivity contribution is -0.385. The van der Waals surface area contributed by atoms with Crippen molar-refractivity contribution in [3.63, 3.8) is 0 Å². The van der Waals surface area contributed by atoms with E-state index >= 15 is 13.3 Å². The van der Waals surface area contributed by atoms with E-state index < -0.39 is 94.3 Å². The molecule has 9 heterocycles. The van der Waals surface area contributed by atoms with Gasteiger partial charge >= 0.3 is 6.80 Å². The Morgan fingerprint density at radius 3 is 1.82 bits per heavy atom. The number of amides is 2. The zero-order valence-corrected chi connectivity index (χ0v) is 40.8. The average molecular weight is 1060 g/mol. The van der Waals surface area contributed by atoms with Gasteiger partial charge in [0.05, 0.1) is 30.8 Å². The maximum Gasteiger partial charge on any atom is 0.390 e. The monoisotopic (exact) mass is 1060 g/mol. The minimum absolute atomic E-state index is 0.0480. The molecule has 7 aromatic rings. The number of ether oxygens (including phenoxy) is 2. The highest BCUT2D eigenvalue weighted by atomic mass is 32.7. The normalized spacial score (nSPS) is 28.0. The Morgan fingerprint density at radius 1 is 0.740 bits per heavy atom. The molecular weight excluding hydrogens is 1010 g/mol. The van der Waals surface area contributed by atoms with Crippen LogP contribution in [0.5, 0.6) is 0 Å². The number of alkyl halides is 2. The number of halogens is 2. The fourth-order valence-electron chi connectivity index (χ4n) is 8.92. The molecule has 3 fully saturated rings. The van der Waals surface area contributed by atoms with Gasteiger partial charge in [-0.2, -0.15) is 0 Å². The lowest BCUT2D eigenvalue weighted by Gasteiger charge is -2.29. The van der Waals surface area contributed by atoms with E-state index in [1.165, 1.54) is 62.4 Å². The number of fused-ring (bicyclic) bond motifs is 10. The van der Waals surface area contributed by atoms with Crippen molar-refractivity contribution in [2.75, 3.05) is 42.8 Å². The van der Waals surface area contributed by atoms with Gasteiger partial charge in [-0.05, 0) is 35.6 Å². The highest BCUT2D eigenvalue weighted by Gasteiger charge is 2.54. The Balaban J connectivity index is 1.05. The molecule has 0 spiro atoms. The van der Waals surface area contributed by atoms with Crippen LogP contribution < -0.4 is 9.80 Å². The molecule has 3 aromatic carbocycles. The van der Waals surface area contributed by atoms with Crippen LogP contribution >= 0.6 is 26.6 Å². The first kappa shape index (κ1) is 48.7. The van der Waals surface area contributed by atoms with E-state index in [2.05, 4.69) is 29.9 Å². The van der Waals surface area contributed by atoms with Gasteiger partial charge in [-0.15, -0.1) is 0 Å². The van der Waals surface area contributed by atoms with Gasteiger partial charge in [0.25, 0.3) is 17.5 Å². The van der Waals surface area contributed by atoms with E-state index in [9.17, 15) is 19.7 Å². The summed E-state index contributed by atoms with van der Waals surface area (Å²) < 4.78 is 89.9. The number of nitrogens with zero attached hydrogens (tertiary/aromatic N) is 11. The van der Waals surface area contributed by atoms with Crippen molar-refractivity contribution < 1.29 is 55.4 Å². The smallest absolute Gasteiger partial charge is 0.346 e. The summed E-state index contributed by atoms with van der Waals surface area (Å²) >= 11 is 0.555. The molecule has 5 aliphatic rings. The number of benzene rings is 3. The fourth-order valence-corrected chi connectivity index (χ4v) is 13.3. The number of carbonyl (C=O) groups is 2. The van der Waals surface area contributed by atoms with Crippen LogP contribution in [0.4, 0.5) is 26.1 Å². The zero-order valence-electron chi connectivity index (χ0n) is 38.2. The third-order valence-electron chi connectivity index (χ3n) is 12.5. The van der Waals surface area contributed by atoms with Gasteiger partial charge in [0, 0.05) is 48.3 Å². The van der Waals surface area contributed by atoms with Gasteiger partial charge in [0.1, 0.15) is 37.1 Å². The van der Waals surface area contributed by atoms with E-state index in [1.54, 1.807) is 85.5 Å². The number of anilines is 2. The topological polar surface area (TPSA) is 243 Å². The Hall–Kier alpha value is -6.53. The van der Waals surface area contributed by atoms with E-state index in [0.717, 1.165) is 0 Å². The van der Waals surface area contributed by atoms with E-state index in [-0.39, 0.29) is 64.1 Å². The predicted octanol–water partition coefficient (Wildman–Crippen LogP) is 7.71. The Bertz CT molecular complexity index is 3290. The molecule has 2 amide bonds. The van der Waals surface area contributed by atoms with Crippen molar-refractivity contribution in [1.82, 2.24) is 39.0 Å². The van der Waals surface area contributed by atoms with Crippen LogP contribution in [0.3, 0.4) is 0 Å². The zero-order chi connectivity index (χ0) is 50.4. The standard InChI is InChI=1S/C46H41F2N11O11P2S/c1-71-65-20-31-38-34(48)46(67-31)58-26-54-36-40(50-24-52-42(36)58)56(44(61)28-14-6-3-7-15-28)19-11-10-18-55(43(60)27-12-4-2-5-13-27)39-35-41(51-23-49-39)57(25-53-35)45-33(47)37(69-71)32(68-45)21-66-72(64,70-38)73-22-29-16-8-9-17-30(29)59(62)63/h2-17,23-26,31-34,37-38,45-46H,18-22H2,1H3/b11-10+/t31-,32-,33-,34-,37-,38-,45?,46-,71?,72+/m1/s1. The van der Waals surface area contributed by atoms with Crippen molar-refractivity contribution in [1.29, 1.82) is 0 Å². The number of rotatable bonds is 6. The second-order valence-electron chi connectivity index (χ2n) is 16.9. The van der Waals surface area contributed by atoms with Crippen LogP contribution in [-0.4, -0.2) is 126 Å². The second kappa shape index (κ2) is 20.4. The molecule has 27 heteroatoms. The molecule has 73 heavy (non-hydrogen) atoms. The van der Waals surface area contributed by atoms with Crippen molar-refractivity contribution >= 4 is 78.0 Å². The van der Waals surface area contributed by atoms with Crippen LogP contribution in [-0.2, 0) is 37.9 Å². The van der Waals surface area contributed by atoms with Gasteiger partial charge in [0.2, 0.25) is 0 Å². The third-order valence-corrected chi connectivity index (χ3v) is 17.1. The van der Waals surface area contributed by atoms with Gasteiger partial charge in [-0.3, -0.25) is 47.7 Å². The molecule has 5 aliphatic heterocycles. The van der Waals surface area contributed by atoms with Crippen LogP contribution in [0, 0.1) is 10.1 Å². The molecule has 12 rings (SSSR count). The molecule has 22 nitrogen and oxygen atoms in total. The molecular formula is C46H41F2N11O11P2S. The number of imidazole rings is 2. The Kier molecular flexibility index (Phi) is 13.6. The lowest BCUT2D eigenvalue weighted by atomic mass is 10.1. The fraction of sp³-hybridized carbons (Fsp3) is 0.304. The van der Waals surface area contributed by atoms with Gasteiger partial charge in [-0.1, -0.05) is 66.7 Å².